The van der Waals surface area contributed by atoms with E-state index in [1.165, 1.54) is 12.8 Å². The van der Waals surface area contributed by atoms with Crippen molar-refractivity contribution in [2.75, 3.05) is 0 Å². The second-order valence-electron chi connectivity index (χ2n) is 3.21. The highest BCUT2D eigenvalue weighted by molar-refractivity contribution is 5.01. The lowest BCUT2D eigenvalue weighted by Gasteiger charge is -2.20. The van der Waals surface area contributed by atoms with E-state index >= 15 is 0 Å². The lowest BCUT2D eigenvalue weighted by molar-refractivity contribution is 0.246. The molecule has 0 bridgehead atoms. The first-order valence-electron chi connectivity index (χ1n) is 3.53. The number of aliphatic hydroxyl groups excluding tert-OH is 1. The summed E-state index contributed by atoms with van der Waals surface area (Å²) >= 11 is 0. The minimum Gasteiger partial charge on any atom is -0.512 e. The van der Waals surface area contributed by atoms with E-state index in [9.17, 15) is 0 Å². The summed E-state index contributed by atoms with van der Waals surface area (Å²) in [6.07, 6.45) is 4.72. The predicted octanol–water partition coefficient (Wildman–Crippen LogP) is 2.64. The Kier molecular flexibility index (Phi) is 1.52. The van der Waals surface area contributed by atoms with Gasteiger partial charge in [0.1, 0.15) is 0 Å². The van der Waals surface area contributed by atoms with Gasteiger partial charge in [0.25, 0.3) is 0 Å². The Labute approximate surface area is 56.4 Å². The zero-order chi connectivity index (χ0) is 6.91. The fourth-order valence-electron chi connectivity index (χ4n) is 1.44. The number of rotatable bonds is 1. The topological polar surface area (TPSA) is 20.2 Å². The lowest BCUT2D eigenvalue weighted by Crippen LogP contribution is -2.12. The van der Waals surface area contributed by atoms with Crippen molar-refractivity contribution in [3.63, 3.8) is 0 Å². The molecule has 0 unspecified atom stereocenters. The van der Waals surface area contributed by atoms with Crippen molar-refractivity contribution in [1.29, 1.82) is 0 Å². The van der Waals surface area contributed by atoms with Gasteiger partial charge in [-0.15, -0.1) is 0 Å². The molecule has 0 radical (unpaired) electrons. The standard InChI is InChI=1S/C8H14O/c1-7(9)8(2)5-3-4-6-8/h9H,1,3-6H2,2H3. The highest BCUT2D eigenvalue weighted by Crippen LogP contribution is 2.41. The molecular weight excluding hydrogens is 112 g/mol. The molecule has 1 nitrogen and oxygen atoms in total. The normalized spacial score (nSPS) is 24.1. The van der Waals surface area contributed by atoms with Gasteiger partial charge >= 0.3 is 0 Å². The minimum atomic E-state index is 0.0556. The third-order valence-corrected chi connectivity index (χ3v) is 2.40. The van der Waals surface area contributed by atoms with Crippen LogP contribution in [0.4, 0.5) is 0 Å². The Balaban J connectivity index is 2.61. The molecule has 1 aliphatic carbocycles. The van der Waals surface area contributed by atoms with Crippen LogP contribution in [0.2, 0.25) is 0 Å². The number of hydrogen-bond acceptors (Lipinski definition) is 1. The van der Waals surface area contributed by atoms with Gasteiger partial charge in [-0.25, -0.2) is 0 Å². The van der Waals surface area contributed by atoms with E-state index in [4.69, 9.17) is 5.11 Å². The van der Waals surface area contributed by atoms with Gasteiger partial charge in [0.05, 0.1) is 5.76 Å². The number of allylic oxidation sites excluding steroid dienone is 1. The van der Waals surface area contributed by atoms with Crippen molar-refractivity contribution in [3.8, 4) is 0 Å². The van der Waals surface area contributed by atoms with Crippen molar-refractivity contribution < 1.29 is 5.11 Å². The predicted molar refractivity (Wildman–Crippen MR) is 38.3 cm³/mol. The van der Waals surface area contributed by atoms with E-state index in [0.717, 1.165) is 12.8 Å². The Morgan fingerprint density at radius 1 is 1.44 bits per heavy atom. The molecule has 52 valence electrons. The maximum absolute atomic E-state index is 9.12. The van der Waals surface area contributed by atoms with Crippen LogP contribution in [0, 0.1) is 5.41 Å². The summed E-state index contributed by atoms with van der Waals surface area (Å²) in [4.78, 5) is 0. The molecule has 0 aliphatic heterocycles. The molecule has 1 N–H and O–H groups in total. The van der Waals surface area contributed by atoms with Crippen LogP contribution in [-0.2, 0) is 0 Å². The van der Waals surface area contributed by atoms with Crippen molar-refractivity contribution in [2.45, 2.75) is 32.6 Å². The molecule has 0 heterocycles. The van der Waals surface area contributed by atoms with Crippen LogP contribution < -0.4 is 0 Å². The van der Waals surface area contributed by atoms with Gasteiger partial charge in [-0.1, -0.05) is 26.3 Å². The van der Waals surface area contributed by atoms with Gasteiger partial charge in [0.2, 0.25) is 0 Å². The summed E-state index contributed by atoms with van der Waals surface area (Å²) in [7, 11) is 0. The first kappa shape index (κ1) is 6.66. The third-order valence-electron chi connectivity index (χ3n) is 2.40. The van der Waals surface area contributed by atoms with Gasteiger partial charge < -0.3 is 5.11 Å². The molecule has 1 saturated carbocycles. The molecule has 0 aromatic heterocycles. The molecule has 0 aromatic carbocycles. The summed E-state index contributed by atoms with van der Waals surface area (Å²) in [5.74, 6) is 0.375. The quantitative estimate of drug-likeness (QED) is 0.535. The lowest BCUT2D eigenvalue weighted by atomic mass is 9.87. The first-order valence-corrected chi connectivity index (χ1v) is 3.53. The zero-order valence-corrected chi connectivity index (χ0v) is 5.98. The van der Waals surface area contributed by atoms with Gasteiger partial charge in [0.15, 0.2) is 0 Å². The number of hydrogen-bond donors (Lipinski definition) is 1. The summed E-state index contributed by atoms with van der Waals surface area (Å²) in [5, 5.41) is 9.12. The Bertz CT molecular complexity index is 121. The molecule has 1 aliphatic rings. The third kappa shape index (κ3) is 1.09. The van der Waals surface area contributed by atoms with E-state index in [-0.39, 0.29) is 5.41 Å². The van der Waals surface area contributed by atoms with Crippen LogP contribution in [0.3, 0.4) is 0 Å². The second-order valence-corrected chi connectivity index (χ2v) is 3.21. The van der Waals surface area contributed by atoms with E-state index in [2.05, 4.69) is 13.5 Å². The molecule has 9 heavy (non-hydrogen) atoms. The Hall–Kier alpha value is -0.460. The van der Waals surface area contributed by atoms with E-state index in [1.807, 2.05) is 0 Å². The smallest absolute Gasteiger partial charge is 0.0909 e. The van der Waals surface area contributed by atoms with Crippen LogP contribution in [0.15, 0.2) is 12.3 Å². The highest BCUT2D eigenvalue weighted by Gasteiger charge is 2.31. The molecule has 1 fully saturated rings. The molecule has 0 amide bonds. The number of aliphatic hydroxyl groups is 1. The zero-order valence-electron chi connectivity index (χ0n) is 5.98. The maximum Gasteiger partial charge on any atom is 0.0909 e. The molecule has 1 rings (SSSR count). The Morgan fingerprint density at radius 2 is 1.89 bits per heavy atom. The molecule has 0 aromatic rings. The summed E-state index contributed by atoms with van der Waals surface area (Å²) < 4.78 is 0. The van der Waals surface area contributed by atoms with Crippen molar-refractivity contribution in [1.82, 2.24) is 0 Å². The maximum atomic E-state index is 9.12. The molecule has 1 heteroatoms. The molecular formula is C8H14O. The largest absolute Gasteiger partial charge is 0.512 e. The summed E-state index contributed by atoms with van der Waals surface area (Å²) in [5.41, 5.74) is 0.0556. The summed E-state index contributed by atoms with van der Waals surface area (Å²) in [6, 6.07) is 0. The van der Waals surface area contributed by atoms with Crippen molar-refractivity contribution in [2.24, 2.45) is 5.41 Å². The van der Waals surface area contributed by atoms with Crippen LogP contribution >= 0.6 is 0 Å². The molecule has 0 atom stereocenters. The fraction of sp³-hybridized carbons (Fsp3) is 0.750. The molecule has 0 saturated heterocycles. The van der Waals surface area contributed by atoms with Gasteiger partial charge in [-0.2, -0.15) is 0 Å². The summed E-state index contributed by atoms with van der Waals surface area (Å²) in [6.45, 7) is 5.65. The van der Waals surface area contributed by atoms with Crippen LogP contribution in [0.5, 0.6) is 0 Å². The van der Waals surface area contributed by atoms with Gasteiger partial charge in [0, 0.05) is 5.41 Å². The van der Waals surface area contributed by atoms with E-state index in [0.29, 0.717) is 5.76 Å². The van der Waals surface area contributed by atoms with Gasteiger partial charge in [-0.3, -0.25) is 0 Å². The monoisotopic (exact) mass is 126 g/mol. The van der Waals surface area contributed by atoms with Crippen LogP contribution in [0.25, 0.3) is 0 Å². The highest BCUT2D eigenvalue weighted by atomic mass is 16.3. The fourth-order valence-corrected chi connectivity index (χ4v) is 1.44. The Morgan fingerprint density at radius 3 is 2.11 bits per heavy atom. The van der Waals surface area contributed by atoms with Crippen LogP contribution in [-0.4, -0.2) is 5.11 Å². The minimum absolute atomic E-state index is 0.0556. The average molecular weight is 126 g/mol. The average Bonchev–Trinajstić information content (AvgIpc) is 2.16. The second kappa shape index (κ2) is 2.05. The SMILES string of the molecule is C=C(O)C1(C)CCCC1. The van der Waals surface area contributed by atoms with E-state index in [1.54, 1.807) is 0 Å². The van der Waals surface area contributed by atoms with Crippen molar-refractivity contribution >= 4 is 0 Å². The van der Waals surface area contributed by atoms with Crippen LogP contribution in [0.1, 0.15) is 32.6 Å². The van der Waals surface area contributed by atoms with E-state index < -0.39 is 0 Å². The molecule has 0 spiro atoms. The van der Waals surface area contributed by atoms with Gasteiger partial charge in [-0.05, 0) is 12.8 Å². The van der Waals surface area contributed by atoms with Crippen molar-refractivity contribution in [3.05, 3.63) is 12.3 Å². The first-order chi connectivity index (χ1) is 4.15.